The number of hydrogen-bond acceptors (Lipinski definition) is 4. The average Bonchev–Trinajstić information content (AvgIpc) is 3.35. The van der Waals surface area contributed by atoms with Crippen LogP contribution in [0.4, 0.5) is 5.69 Å². The van der Waals surface area contributed by atoms with Gasteiger partial charge in [-0.2, -0.15) is 0 Å². The van der Waals surface area contributed by atoms with E-state index in [2.05, 4.69) is 35.1 Å². The zero-order chi connectivity index (χ0) is 20.5. The second-order valence-electron chi connectivity index (χ2n) is 7.72. The number of hydrazine groups is 1. The van der Waals surface area contributed by atoms with Gasteiger partial charge in [-0.15, -0.1) is 0 Å². The number of fused-ring (bicyclic) bond motifs is 1. The Morgan fingerprint density at radius 1 is 0.800 bits per heavy atom. The minimum atomic E-state index is -0.285. The molecule has 0 saturated carbocycles. The zero-order valence-corrected chi connectivity index (χ0v) is 16.9. The van der Waals surface area contributed by atoms with Crippen molar-refractivity contribution < 1.29 is 9.53 Å². The van der Waals surface area contributed by atoms with Gasteiger partial charge in [0.1, 0.15) is 11.8 Å². The molecule has 2 aliphatic heterocycles. The molecule has 2 saturated heterocycles. The van der Waals surface area contributed by atoms with Crippen LogP contribution in [0.25, 0.3) is 0 Å². The van der Waals surface area contributed by atoms with Crippen molar-refractivity contribution in [1.29, 1.82) is 0 Å². The van der Waals surface area contributed by atoms with Gasteiger partial charge >= 0.3 is 0 Å². The summed E-state index contributed by atoms with van der Waals surface area (Å²) in [6.45, 7) is 2.62. The van der Waals surface area contributed by atoms with Crippen LogP contribution < -0.4 is 20.5 Å². The zero-order valence-electron chi connectivity index (χ0n) is 16.9. The summed E-state index contributed by atoms with van der Waals surface area (Å²) in [6.07, 6.45) is 0. The number of rotatable bonds is 5. The normalized spacial score (nSPS) is 25.4. The van der Waals surface area contributed by atoms with Crippen LogP contribution in [0.2, 0.25) is 0 Å². The van der Waals surface area contributed by atoms with E-state index < -0.39 is 0 Å². The minimum absolute atomic E-state index is 0.00791. The molecule has 2 N–H and O–H groups in total. The SMILES string of the molecule is CCOc1ccc(C2NNC3C(=O)N(c4ccccc4)C(c4ccccc4)C32)cc1. The third-order valence-electron chi connectivity index (χ3n) is 6.04. The van der Waals surface area contributed by atoms with Crippen LogP contribution in [-0.2, 0) is 4.79 Å². The molecule has 4 atom stereocenters. The van der Waals surface area contributed by atoms with Gasteiger partial charge in [0, 0.05) is 11.6 Å². The molecule has 0 aliphatic carbocycles. The van der Waals surface area contributed by atoms with Crippen LogP contribution in [0.3, 0.4) is 0 Å². The van der Waals surface area contributed by atoms with Gasteiger partial charge in [0.05, 0.1) is 18.7 Å². The molecular formula is C25H25N3O2. The summed E-state index contributed by atoms with van der Waals surface area (Å²) < 4.78 is 5.59. The van der Waals surface area contributed by atoms with E-state index in [1.54, 1.807) is 0 Å². The first-order valence-electron chi connectivity index (χ1n) is 10.4. The predicted octanol–water partition coefficient (Wildman–Crippen LogP) is 4.01. The summed E-state index contributed by atoms with van der Waals surface area (Å²) in [5.41, 5.74) is 9.89. The van der Waals surface area contributed by atoms with E-state index in [-0.39, 0.29) is 30.0 Å². The maximum atomic E-state index is 13.5. The van der Waals surface area contributed by atoms with Gasteiger partial charge in [-0.05, 0) is 42.3 Å². The van der Waals surface area contributed by atoms with Gasteiger partial charge in [0.15, 0.2) is 0 Å². The molecular weight excluding hydrogens is 374 g/mol. The van der Waals surface area contributed by atoms with E-state index in [0.717, 1.165) is 22.6 Å². The minimum Gasteiger partial charge on any atom is -0.494 e. The first-order valence-corrected chi connectivity index (χ1v) is 10.4. The van der Waals surface area contributed by atoms with Crippen molar-refractivity contribution in [3.05, 3.63) is 96.1 Å². The number of anilines is 1. The Balaban J connectivity index is 1.56. The first kappa shape index (κ1) is 18.9. The number of nitrogens with one attached hydrogen (secondary N) is 2. The highest BCUT2D eigenvalue weighted by Gasteiger charge is 2.55. The Kier molecular flexibility index (Phi) is 4.99. The molecule has 1 amide bonds. The van der Waals surface area contributed by atoms with E-state index in [1.165, 1.54) is 0 Å². The highest BCUT2D eigenvalue weighted by atomic mass is 16.5. The average molecular weight is 399 g/mol. The molecule has 0 spiro atoms. The van der Waals surface area contributed by atoms with Gasteiger partial charge in [-0.1, -0.05) is 60.7 Å². The van der Waals surface area contributed by atoms with Crippen molar-refractivity contribution in [2.75, 3.05) is 11.5 Å². The third-order valence-corrected chi connectivity index (χ3v) is 6.04. The Morgan fingerprint density at radius 2 is 1.43 bits per heavy atom. The van der Waals surface area contributed by atoms with Gasteiger partial charge in [-0.25, -0.2) is 10.9 Å². The lowest BCUT2D eigenvalue weighted by Gasteiger charge is -2.31. The highest BCUT2D eigenvalue weighted by Crippen LogP contribution is 2.48. The smallest absolute Gasteiger partial charge is 0.246 e. The molecule has 5 rings (SSSR count). The summed E-state index contributed by atoms with van der Waals surface area (Å²) in [4.78, 5) is 15.4. The molecule has 152 valence electrons. The molecule has 2 aliphatic rings. The molecule has 30 heavy (non-hydrogen) atoms. The second kappa shape index (κ2) is 7.94. The Morgan fingerprint density at radius 3 is 2.10 bits per heavy atom. The molecule has 0 radical (unpaired) electrons. The van der Waals surface area contributed by atoms with E-state index in [0.29, 0.717) is 6.61 Å². The van der Waals surface area contributed by atoms with Crippen molar-refractivity contribution in [1.82, 2.24) is 10.9 Å². The number of nitrogens with zero attached hydrogens (tertiary/aromatic N) is 1. The molecule has 4 unspecified atom stereocenters. The highest BCUT2D eigenvalue weighted by molar-refractivity contribution is 6.01. The van der Waals surface area contributed by atoms with E-state index in [4.69, 9.17) is 4.74 Å². The molecule has 5 heteroatoms. The number of ether oxygens (including phenoxy) is 1. The number of para-hydroxylation sites is 1. The van der Waals surface area contributed by atoms with Crippen LogP contribution in [-0.4, -0.2) is 18.6 Å². The molecule has 2 heterocycles. The fourth-order valence-electron chi connectivity index (χ4n) is 4.76. The molecule has 5 nitrogen and oxygen atoms in total. The summed E-state index contributed by atoms with van der Waals surface area (Å²) >= 11 is 0. The van der Waals surface area contributed by atoms with Crippen molar-refractivity contribution in [3.63, 3.8) is 0 Å². The van der Waals surface area contributed by atoms with Crippen LogP contribution in [0.5, 0.6) is 5.75 Å². The van der Waals surface area contributed by atoms with E-state index in [1.807, 2.05) is 72.5 Å². The fourth-order valence-corrected chi connectivity index (χ4v) is 4.76. The van der Waals surface area contributed by atoms with Crippen LogP contribution >= 0.6 is 0 Å². The molecule has 0 bridgehead atoms. The number of hydrogen-bond donors (Lipinski definition) is 2. The largest absolute Gasteiger partial charge is 0.494 e. The molecule has 3 aromatic carbocycles. The number of amides is 1. The number of carbonyl (C=O) groups is 1. The molecule has 0 aromatic heterocycles. The summed E-state index contributed by atoms with van der Waals surface area (Å²) in [5, 5.41) is 0. The van der Waals surface area contributed by atoms with Crippen LogP contribution in [0.15, 0.2) is 84.9 Å². The first-order chi connectivity index (χ1) is 14.8. The number of carbonyl (C=O) groups excluding carboxylic acids is 1. The Hall–Kier alpha value is -3.15. The quantitative estimate of drug-likeness (QED) is 0.681. The lowest BCUT2D eigenvalue weighted by molar-refractivity contribution is -0.119. The van der Waals surface area contributed by atoms with Crippen molar-refractivity contribution in [3.8, 4) is 5.75 Å². The van der Waals surface area contributed by atoms with Crippen LogP contribution in [0.1, 0.15) is 30.1 Å². The van der Waals surface area contributed by atoms with E-state index >= 15 is 0 Å². The van der Waals surface area contributed by atoms with Gasteiger partial charge in [-0.3, -0.25) is 4.79 Å². The standard InChI is InChI=1S/C25H25N3O2/c1-2-30-20-15-13-17(14-16-20)22-21-23(27-26-22)25(29)28(19-11-7-4-8-12-19)24(21)18-9-5-3-6-10-18/h3-16,21-24,26-27H,2H2,1H3. The van der Waals surface area contributed by atoms with Gasteiger partial charge in [0.2, 0.25) is 5.91 Å². The lowest BCUT2D eigenvalue weighted by Crippen LogP contribution is -2.41. The van der Waals surface area contributed by atoms with Crippen molar-refractivity contribution in [2.24, 2.45) is 5.92 Å². The van der Waals surface area contributed by atoms with Crippen molar-refractivity contribution >= 4 is 11.6 Å². The monoisotopic (exact) mass is 399 g/mol. The number of benzene rings is 3. The fraction of sp³-hybridized carbons (Fsp3) is 0.240. The summed E-state index contributed by atoms with van der Waals surface area (Å²) in [5.74, 6) is 1.01. The molecule has 3 aromatic rings. The van der Waals surface area contributed by atoms with Gasteiger partial charge in [0.25, 0.3) is 0 Å². The van der Waals surface area contributed by atoms with Crippen LogP contribution in [0, 0.1) is 5.92 Å². The summed E-state index contributed by atoms with van der Waals surface area (Å²) in [7, 11) is 0. The Bertz CT molecular complexity index is 1010. The third kappa shape index (κ3) is 3.16. The predicted molar refractivity (Wildman–Crippen MR) is 117 cm³/mol. The maximum Gasteiger partial charge on any atom is 0.246 e. The maximum absolute atomic E-state index is 13.5. The van der Waals surface area contributed by atoms with Gasteiger partial charge < -0.3 is 9.64 Å². The lowest BCUT2D eigenvalue weighted by atomic mass is 9.83. The topological polar surface area (TPSA) is 53.6 Å². The molecule has 2 fully saturated rings. The summed E-state index contributed by atoms with van der Waals surface area (Å²) in [6, 6.07) is 28.1. The van der Waals surface area contributed by atoms with Crippen molar-refractivity contribution in [2.45, 2.75) is 25.0 Å². The van der Waals surface area contributed by atoms with E-state index in [9.17, 15) is 4.79 Å². The Labute approximate surface area is 176 Å². The second-order valence-corrected chi connectivity index (χ2v) is 7.72.